The molecule has 0 aromatic heterocycles. The Morgan fingerprint density at radius 1 is 1.58 bits per heavy atom. The first-order valence-electron chi connectivity index (χ1n) is 3.48. The van der Waals surface area contributed by atoms with E-state index in [-0.39, 0.29) is 10.6 Å². The van der Waals surface area contributed by atoms with Crippen molar-refractivity contribution in [2.45, 2.75) is 11.8 Å². The van der Waals surface area contributed by atoms with E-state index in [9.17, 15) is 4.39 Å². The normalized spacial score (nSPS) is 12.2. The van der Waals surface area contributed by atoms with Crippen molar-refractivity contribution in [3.05, 3.63) is 35.1 Å². The van der Waals surface area contributed by atoms with Crippen LogP contribution in [0.3, 0.4) is 0 Å². The molecule has 3 heteroatoms. The fourth-order valence-corrected chi connectivity index (χ4v) is 1.29. The summed E-state index contributed by atoms with van der Waals surface area (Å²) in [6, 6.07) is 6.35. The second-order valence-electron chi connectivity index (χ2n) is 2.46. The lowest BCUT2D eigenvalue weighted by atomic mass is 10.1. The Kier molecular flexibility index (Phi) is 2.83. The van der Waals surface area contributed by atoms with Gasteiger partial charge in [-0.25, -0.2) is 4.39 Å². The maximum Gasteiger partial charge on any atom is 0.128 e. The zero-order valence-electron chi connectivity index (χ0n) is 6.51. The molecule has 0 aliphatic rings. The van der Waals surface area contributed by atoms with Crippen LogP contribution in [0.4, 0.5) is 4.39 Å². The molecular weight excluding hydrogens is 221 g/mol. The molecule has 1 aromatic rings. The minimum absolute atomic E-state index is 0.0229. The van der Waals surface area contributed by atoms with E-state index in [0.717, 1.165) is 0 Å². The first-order valence-corrected chi connectivity index (χ1v) is 4.40. The van der Waals surface area contributed by atoms with Crippen LogP contribution in [0.5, 0.6) is 0 Å². The van der Waals surface area contributed by atoms with Gasteiger partial charge in [0.05, 0.1) is 11.6 Å². The van der Waals surface area contributed by atoms with E-state index in [0.29, 0.717) is 11.1 Å². The second kappa shape index (κ2) is 3.68. The van der Waals surface area contributed by atoms with Crippen molar-refractivity contribution >= 4 is 15.9 Å². The van der Waals surface area contributed by atoms with Crippen molar-refractivity contribution < 1.29 is 4.39 Å². The van der Waals surface area contributed by atoms with Crippen molar-refractivity contribution in [2.24, 2.45) is 0 Å². The van der Waals surface area contributed by atoms with Crippen molar-refractivity contribution in [3.63, 3.8) is 0 Å². The average molecular weight is 228 g/mol. The van der Waals surface area contributed by atoms with Gasteiger partial charge < -0.3 is 0 Å². The molecule has 1 aromatic carbocycles. The lowest BCUT2D eigenvalue weighted by Crippen LogP contribution is -1.90. The highest BCUT2D eigenvalue weighted by atomic mass is 79.9. The molecule has 0 saturated carbocycles. The Hall–Kier alpha value is -0.880. The number of nitrogens with zero attached hydrogens (tertiary/aromatic N) is 1. The van der Waals surface area contributed by atoms with Crippen molar-refractivity contribution in [2.75, 3.05) is 0 Å². The van der Waals surface area contributed by atoms with Crippen LogP contribution in [0.2, 0.25) is 0 Å². The summed E-state index contributed by atoms with van der Waals surface area (Å²) in [5.74, 6) is -0.335. The zero-order valence-corrected chi connectivity index (χ0v) is 8.10. The Balaban J connectivity index is 3.14. The average Bonchev–Trinajstić information content (AvgIpc) is 2.03. The summed E-state index contributed by atoms with van der Waals surface area (Å²) in [5.41, 5.74) is 0.929. The van der Waals surface area contributed by atoms with Crippen molar-refractivity contribution in [3.8, 4) is 6.07 Å². The quantitative estimate of drug-likeness (QED) is 0.677. The molecule has 0 heterocycles. The molecule has 62 valence electrons. The molecule has 0 spiro atoms. The summed E-state index contributed by atoms with van der Waals surface area (Å²) in [6.45, 7) is 1.84. The molecule has 0 bridgehead atoms. The third-order valence-corrected chi connectivity index (χ3v) is 2.05. The molecule has 1 unspecified atom stereocenters. The maximum absolute atomic E-state index is 13.1. The summed E-state index contributed by atoms with van der Waals surface area (Å²) in [7, 11) is 0. The summed E-state index contributed by atoms with van der Waals surface area (Å²) >= 11 is 3.26. The van der Waals surface area contributed by atoms with Crippen LogP contribution in [0.1, 0.15) is 22.9 Å². The van der Waals surface area contributed by atoms with E-state index >= 15 is 0 Å². The van der Waals surface area contributed by atoms with E-state index in [1.807, 2.05) is 13.0 Å². The number of hydrogen-bond donors (Lipinski definition) is 0. The van der Waals surface area contributed by atoms with Gasteiger partial charge in [0.2, 0.25) is 0 Å². The zero-order chi connectivity index (χ0) is 9.14. The van der Waals surface area contributed by atoms with Gasteiger partial charge in [0.1, 0.15) is 5.82 Å². The minimum atomic E-state index is -0.335. The standard InChI is InChI=1S/C9H7BrFN/c1-6(10)8-3-2-7(5-12)4-9(8)11/h2-4,6H,1H3. The van der Waals surface area contributed by atoms with Crippen molar-refractivity contribution in [1.82, 2.24) is 0 Å². The van der Waals surface area contributed by atoms with E-state index in [1.54, 1.807) is 12.1 Å². The van der Waals surface area contributed by atoms with Gasteiger partial charge in [0.15, 0.2) is 0 Å². The van der Waals surface area contributed by atoms with Gasteiger partial charge in [0.25, 0.3) is 0 Å². The highest BCUT2D eigenvalue weighted by Crippen LogP contribution is 2.24. The molecule has 0 saturated heterocycles. The number of halogens is 2. The molecule has 0 aliphatic heterocycles. The van der Waals surface area contributed by atoms with Crippen molar-refractivity contribution in [1.29, 1.82) is 5.26 Å². The van der Waals surface area contributed by atoms with Gasteiger partial charge in [0, 0.05) is 10.4 Å². The van der Waals surface area contributed by atoms with Gasteiger partial charge in [-0.05, 0) is 19.1 Å². The van der Waals surface area contributed by atoms with Crippen LogP contribution in [-0.2, 0) is 0 Å². The topological polar surface area (TPSA) is 23.8 Å². The summed E-state index contributed by atoms with van der Waals surface area (Å²) in [6.07, 6.45) is 0. The highest BCUT2D eigenvalue weighted by molar-refractivity contribution is 9.09. The third-order valence-electron chi connectivity index (χ3n) is 1.56. The van der Waals surface area contributed by atoms with E-state index in [1.165, 1.54) is 6.07 Å². The lowest BCUT2D eigenvalue weighted by molar-refractivity contribution is 0.611. The molecule has 1 rings (SSSR count). The third kappa shape index (κ3) is 1.83. The van der Waals surface area contributed by atoms with Gasteiger partial charge in [-0.15, -0.1) is 0 Å². The predicted octanol–water partition coefficient (Wildman–Crippen LogP) is 3.15. The Bertz CT molecular complexity index is 328. The van der Waals surface area contributed by atoms with Gasteiger partial charge in [-0.3, -0.25) is 0 Å². The molecule has 0 amide bonds. The summed E-state index contributed by atoms with van der Waals surface area (Å²) in [5, 5.41) is 8.46. The molecular formula is C9H7BrFN. The molecule has 1 nitrogen and oxygen atoms in total. The number of nitriles is 1. The largest absolute Gasteiger partial charge is 0.207 e. The minimum Gasteiger partial charge on any atom is -0.207 e. The van der Waals surface area contributed by atoms with Gasteiger partial charge in [-0.1, -0.05) is 22.0 Å². The predicted molar refractivity (Wildman–Crippen MR) is 48.5 cm³/mol. The van der Waals surface area contributed by atoms with Gasteiger partial charge >= 0.3 is 0 Å². The first kappa shape index (κ1) is 9.21. The number of benzene rings is 1. The van der Waals surface area contributed by atoms with E-state index < -0.39 is 0 Å². The molecule has 0 aliphatic carbocycles. The van der Waals surface area contributed by atoms with E-state index in [4.69, 9.17) is 5.26 Å². The maximum atomic E-state index is 13.1. The highest BCUT2D eigenvalue weighted by Gasteiger charge is 2.07. The van der Waals surface area contributed by atoms with Crippen LogP contribution in [0, 0.1) is 17.1 Å². The van der Waals surface area contributed by atoms with Crippen LogP contribution in [0.25, 0.3) is 0 Å². The smallest absolute Gasteiger partial charge is 0.128 e. The van der Waals surface area contributed by atoms with Crippen LogP contribution in [0.15, 0.2) is 18.2 Å². The Morgan fingerprint density at radius 2 is 2.25 bits per heavy atom. The molecule has 0 fully saturated rings. The number of rotatable bonds is 1. The number of alkyl halides is 1. The van der Waals surface area contributed by atoms with Crippen LogP contribution in [-0.4, -0.2) is 0 Å². The molecule has 0 radical (unpaired) electrons. The summed E-state index contributed by atoms with van der Waals surface area (Å²) < 4.78 is 13.1. The fourth-order valence-electron chi connectivity index (χ4n) is 0.919. The molecule has 1 atom stereocenters. The van der Waals surface area contributed by atoms with Gasteiger partial charge in [-0.2, -0.15) is 5.26 Å². The Morgan fingerprint density at radius 3 is 2.67 bits per heavy atom. The Labute approximate surface area is 79.0 Å². The molecule has 0 N–H and O–H groups in total. The lowest BCUT2D eigenvalue weighted by Gasteiger charge is -2.04. The van der Waals surface area contributed by atoms with Crippen LogP contribution >= 0.6 is 15.9 Å². The first-order chi connectivity index (χ1) is 5.65. The van der Waals surface area contributed by atoms with E-state index in [2.05, 4.69) is 15.9 Å². The SMILES string of the molecule is CC(Br)c1ccc(C#N)cc1F. The second-order valence-corrected chi connectivity index (χ2v) is 3.84. The monoisotopic (exact) mass is 227 g/mol. The molecule has 12 heavy (non-hydrogen) atoms. The summed E-state index contributed by atoms with van der Waals surface area (Å²) in [4.78, 5) is -0.0229. The fraction of sp³-hybridized carbons (Fsp3) is 0.222. The number of hydrogen-bond acceptors (Lipinski definition) is 1. The van der Waals surface area contributed by atoms with Crippen LogP contribution < -0.4 is 0 Å².